The van der Waals surface area contributed by atoms with Gasteiger partial charge >= 0.3 is 0 Å². The Morgan fingerprint density at radius 1 is 0.902 bits per heavy atom. The highest BCUT2D eigenvalue weighted by molar-refractivity contribution is 7.98. The van der Waals surface area contributed by atoms with Crippen LogP contribution in [-0.4, -0.2) is 30.6 Å². The first-order valence-electron chi connectivity index (χ1n) is 12.8. The zero-order valence-electron chi connectivity index (χ0n) is 21.6. The van der Waals surface area contributed by atoms with Gasteiger partial charge in [0.2, 0.25) is 0 Å². The molecule has 0 aliphatic heterocycles. The number of thioether (sulfide) groups is 1. The highest BCUT2D eigenvalue weighted by Gasteiger charge is 2.16. The molecule has 3 aromatic carbocycles. The van der Waals surface area contributed by atoms with Crippen molar-refractivity contribution in [1.29, 1.82) is 0 Å². The lowest BCUT2D eigenvalue weighted by molar-refractivity contribution is 0.102. The number of nitrogens with one attached hydrogen (secondary N) is 1. The molecule has 0 aliphatic rings. The van der Waals surface area contributed by atoms with Crippen LogP contribution in [0, 0.1) is 0 Å². The Balaban J connectivity index is 1.12. The molecule has 10 heteroatoms. The Morgan fingerprint density at radius 2 is 1.66 bits per heavy atom. The van der Waals surface area contributed by atoms with Crippen LogP contribution < -0.4 is 5.32 Å². The maximum absolute atomic E-state index is 12.9. The minimum atomic E-state index is -0.200. The van der Waals surface area contributed by atoms with Crippen LogP contribution in [-0.2, 0) is 12.2 Å². The zero-order valence-corrected chi connectivity index (χ0v) is 24.0. The summed E-state index contributed by atoms with van der Waals surface area (Å²) in [5.41, 5.74) is 4.58. The van der Waals surface area contributed by atoms with Crippen molar-refractivity contribution >= 4 is 45.7 Å². The molecule has 0 radical (unpaired) electrons. The summed E-state index contributed by atoms with van der Waals surface area (Å²) in [4.78, 5) is 22.4. The van der Waals surface area contributed by atoms with Crippen LogP contribution in [0.4, 0.5) is 5.13 Å². The second-order valence-electron chi connectivity index (χ2n) is 9.05. The quantitative estimate of drug-likeness (QED) is 0.174. The van der Waals surface area contributed by atoms with Gasteiger partial charge in [-0.3, -0.25) is 19.7 Å². The third-order valence-corrected chi connectivity index (χ3v) is 8.55. The number of thiazole rings is 1. The van der Waals surface area contributed by atoms with E-state index in [0.29, 0.717) is 22.9 Å². The summed E-state index contributed by atoms with van der Waals surface area (Å²) in [5.74, 6) is 1.22. The zero-order chi connectivity index (χ0) is 28.0. The number of carbonyl (C=O) groups is 1. The number of anilines is 1. The molecule has 0 saturated heterocycles. The maximum atomic E-state index is 12.9. The molecular formula is C31H23ClN6OS2. The summed E-state index contributed by atoms with van der Waals surface area (Å²) >= 11 is 9.31. The predicted octanol–water partition coefficient (Wildman–Crippen LogP) is 7.57. The minimum absolute atomic E-state index is 0.200. The number of carbonyl (C=O) groups excluding carboxylic acids is 1. The molecule has 7 nitrogen and oxygen atoms in total. The molecule has 0 aliphatic carbocycles. The second kappa shape index (κ2) is 12.5. The molecule has 0 bridgehead atoms. The van der Waals surface area contributed by atoms with Gasteiger partial charge in [0.1, 0.15) is 0 Å². The fraction of sp³-hybridized carbons (Fsp3) is 0.0645. The van der Waals surface area contributed by atoms with Gasteiger partial charge in [-0.1, -0.05) is 71.9 Å². The van der Waals surface area contributed by atoms with Gasteiger partial charge in [0, 0.05) is 57.5 Å². The van der Waals surface area contributed by atoms with Crippen molar-refractivity contribution in [3.8, 4) is 17.1 Å². The molecule has 202 valence electrons. The summed E-state index contributed by atoms with van der Waals surface area (Å²) in [7, 11) is 0. The van der Waals surface area contributed by atoms with E-state index < -0.39 is 0 Å². The molecule has 6 rings (SSSR count). The number of pyridine rings is 1. The van der Waals surface area contributed by atoms with E-state index in [-0.39, 0.29) is 5.91 Å². The Hall–Kier alpha value is -4.31. The third kappa shape index (κ3) is 6.38. The predicted molar refractivity (Wildman–Crippen MR) is 165 cm³/mol. The van der Waals surface area contributed by atoms with Crippen LogP contribution in [0.25, 0.3) is 17.1 Å². The van der Waals surface area contributed by atoms with Gasteiger partial charge in [0.05, 0.1) is 0 Å². The smallest absolute Gasteiger partial charge is 0.257 e. The monoisotopic (exact) mass is 594 g/mol. The van der Waals surface area contributed by atoms with Gasteiger partial charge in [-0.2, -0.15) is 0 Å². The summed E-state index contributed by atoms with van der Waals surface area (Å²) in [5, 5.41) is 13.9. The molecule has 0 spiro atoms. The van der Waals surface area contributed by atoms with Crippen LogP contribution in [0.1, 0.15) is 26.4 Å². The van der Waals surface area contributed by atoms with Crippen LogP contribution in [0.5, 0.6) is 0 Å². The largest absolute Gasteiger partial charge is 0.298 e. The standard InChI is InChI=1S/C31H23ClN6OS2/c32-27-9-5-4-6-24(27)18-26-19-34-30(41-26)35-29(39)23-12-10-21(11-13-23)20-40-31-37-36-28(22-14-16-33-17-15-22)38(31)25-7-2-1-3-8-25/h1-17,19H,18,20H2,(H,34,35,39). The summed E-state index contributed by atoms with van der Waals surface area (Å²) < 4.78 is 2.05. The molecule has 41 heavy (non-hydrogen) atoms. The first kappa shape index (κ1) is 26.9. The molecule has 0 unspecified atom stereocenters. The molecular weight excluding hydrogens is 572 g/mol. The Labute approximate surface area is 250 Å². The second-order valence-corrected chi connectivity index (χ2v) is 11.5. The number of rotatable bonds is 9. The minimum Gasteiger partial charge on any atom is -0.298 e. The third-order valence-electron chi connectivity index (χ3n) is 6.27. The van der Waals surface area contributed by atoms with Gasteiger partial charge < -0.3 is 0 Å². The van der Waals surface area contributed by atoms with Crippen molar-refractivity contribution in [2.24, 2.45) is 0 Å². The number of hydrogen-bond acceptors (Lipinski definition) is 7. The van der Waals surface area contributed by atoms with E-state index in [2.05, 4.69) is 30.0 Å². The van der Waals surface area contributed by atoms with Crippen molar-refractivity contribution in [3.63, 3.8) is 0 Å². The number of amides is 1. The molecule has 1 N–H and O–H groups in total. The molecule has 0 atom stereocenters. The van der Waals surface area contributed by atoms with Crippen molar-refractivity contribution in [1.82, 2.24) is 24.7 Å². The van der Waals surface area contributed by atoms with E-state index in [1.807, 2.05) is 91.0 Å². The normalized spacial score (nSPS) is 11.0. The Morgan fingerprint density at radius 3 is 2.44 bits per heavy atom. The molecule has 6 aromatic rings. The summed E-state index contributed by atoms with van der Waals surface area (Å²) in [6.45, 7) is 0. The van der Waals surface area contributed by atoms with E-state index >= 15 is 0 Å². The number of benzene rings is 3. The van der Waals surface area contributed by atoms with Gasteiger partial charge in [0.25, 0.3) is 5.91 Å². The lowest BCUT2D eigenvalue weighted by atomic mass is 10.1. The van der Waals surface area contributed by atoms with Crippen LogP contribution in [0.2, 0.25) is 5.02 Å². The van der Waals surface area contributed by atoms with E-state index in [0.717, 1.165) is 43.3 Å². The topological polar surface area (TPSA) is 85.6 Å². The lowest BCUT2D eigenvalue weighted by Gasteiger charge is -2.10. The molecule has 0 saturated carbocycles. The highest BCUT2D eigenvalue weighted by atomic mass is 35.5. The fourth-order valence-corrected chi connectivity index (χ4v) is 6.15. The van der Waals surface area contributed by atoms with E-state index in [1.165, 1.54) is 11.3 Å². The summed E-state index contributed by atoms with van der Waals surface area (Å²) in [6.07, 6.45) is 5.94. The van der Waals surface area contributed by atoms with Crippen LogP contribution >= 0.6 is 34.7 Å². The number of hydrogen-bond donors (Lipinski definition) is 1. The van der Waals surface area contributed by atoms with Crippen molar-refractivity contribution in [2.45, 2.75) is 17.3 Å². The van der Waals surface area contributed by atoms with E-state index in [9.17, 15) is 4.79 Å². The van der Waals surface area contributed by atoms with Gasteiger partial charge in [-0.05, 0) is 53.6 Å². The van der Waals surface area contributed by atoms with Crippen LogP contribution in [0.15, 0.2) is 115 Å². The van der Waals surface area contributed by atoms with Gasteiger partial charge in [-0.25, -0.2) is 4.98 Å². The van der Waals surface area contributed by atoms with Crippen molar-refractivity contribution in [2.75, 3.05) is 5.32 Å². The first-order chi connectivity index (χ1) is 20.1. The van der Waals surface area contributed by atoms with Gasteiger partial charge in [-0.15, -0.1) is 21.5 Å². The average molecular weight is 595 g/mol. The van der Waals surface area contributed by atoms with E-state index in [4.69, 9.17) is 11.6 Å². The molecule has 0 fully saturated rings. The first-order valence-corrected chi connectivity index (χ1v) is 14.9. The molecule has 3 heterocycles. The van der Waals surface area contributed by atoms with E-state index in [1.54, 1.807) is 30.4 Å². The molecule has 3 aromatic heterocycles. The van der Waals surface area contributed by atoms with Gasteiger partial charge in [0.15, 0.2) is 16.1 Å². The SMILES string of the molecule is O=C(Nc1ncc(Cc2ccccc2Cl)s1)c1ccc(CSc2nnc(-c3ccncc3)n2-c2ccccc2)cc1. The number of para-hydroxylation sites is 1. The maximum Gasteiger partial charge on any atom is 0.257 e. The number of halogens is 1. The molecule has 1 amide bonds. The Kier molecular flexibility index (Phi) is 8.18. The van der Waals surface area contributed by atoms with Crippen molar-refractivity contribution < 1.29 is 4.79 Å². The number of nitrogens with zero attached hydrogens (tertiary/aromatic N) is 5. The highest BCUT2D eigenvalue weighted by Crippen LogP contribution is 2.30. The average Bonchev–Trinajstić information content (AvgIpc) is 3.65. The van der Waals surface area contributed by atoms with Crippen LogP contribution in [0.3, 0.4) is 0 Å². The Bertz CT molecular complexity index is 1770. The number of aromatic nitrogens is 5. The van der Waals surface area contributed by atoms with Crippen molar-refractivity contribution in [3.05, 3.63) is 136 Å². The fourth-order valence-electron chi connectivity index (χ4n) is 4.21. The summed E-state index contributed by atoms with van der Waals surface area (Å²) in [6, 6.07) is 29.2. The lowest BCUT2D eigenvalue weighted by Crippen LogP contribution is -2.11.